The van der Waals surface area contributed by atoms with Crippen molar-refractivity contribution in [2.45, 2.75) is 18.9 Å². The maximum absolute atomic E-state index is 5.73. The average molecular weight is 241 g/mol. The second-order valence-electron chi connectivity index (χ2n) is 3.29. The van der Waals surface area contributed by atoms with E-state index in [2.05, 4.69) is 40.2 Å². The molecule has 0 amide bonds. The van der Waals surface area contributed by atoms with Crippen LogP contribution in [-0.2, 0) is 11.2 Å². The molecule has 1 aliphatic rings. The second kappa shape index (κ2) is 4.25. The molecule has 0 saturated heterocycles. The Morgan fingerprint density at radius 2 is 2.23 bits per heavy atom. The van der Waals surface area contributed by atoms with E-state index in [0.29, 0.717) is 6.10 Å². The molecule has 13 heavy (non-hydrogen) atoms. The molecule has 2 heteroatoms. The highest BCUT2D eigenvalue weighted by Crippen LogP contribution is 2.33. The smallest absolute Gasteiger partial charge is 0.0831 e. The van der Waals surface area contributed by atoms with Gasteiger partial charge in [0.2, 0.25) is 0 Å². The summed E-state index contributed by atoms with van der Waals surface area (Å²) in [6.45, 7) is 0.805. The van der Waals surface area contributed by atoms with Crippen LogP contribution in [0.2, 0.25) is 0 Å². The van der Waals surface area contributed by atoms with Crippen LogP contribution in [0.3, 0.4) is 0 Å². The first-order valence-electron chi connectivity index (χ1n) is 4.67. The summed E-state index contributed by atoms with van der Waals surface area (Å²) in [4.78, 5) is 0. The highest BCUT2D eigenvalue weighted by atomic mass is 79.9. The lowest BCUT2D eigenvalue weighted by Gasteiger charge is -2.11. The molecule has 1 aliphatic carbocycles. The van der Waals surface area contributed by atoms with Crippen molar-refractivity contribution in [3.05, 3.63) is 35.4 Å². The van der Waals surface area contributed by atoms with Gasteiger partial charge in [-0.15, -0.1) is 0 Å². The Morgan fingerprint density at radius 1 is 1.38 bits per heavy atom. The zero-order valence-corrected chi connectivity index (χ0v) is 9.09. The number of rotatable bonds is 3. The first kappa shape index (κ1) is 9.22. The van der Waals surface area contributed by atoms with E-state index in [-0.39, 0.29) is 0 Å². The SMILES string of the molecule is BrCCOC1CCc2ccccc21. The number of fused-ring (bicyclic) bond motifs is 1. The minimum absolute atomic E-state index is 0.341. The lowest BCUT2D eigenvalue weighted by atomic mass is 10.1. The van der Waals surface area contributed by atoms with Crippen LogP contribution in [0.1, 0.15) is 23.7 Å². The molecule has 70 valence electrons. The first-order valence-corrected chi connectivity index (χ1v) is 5.79. The molecule has 1 nitrogen and oxygen atoms in total. The van der Waals surface area contributed by atoms with Gasteiger partial charge in [-0.2, -0.15) is 0 Å². The second-order valence-corrected chi connectivity index (χ2v) is 4.08. The highest BCUT2D eigenvalue weighted by molar-refractivity contribution is 9.09. The molecule has 0 aliphatic heterocycles. The van der Waals surface area contributed by atoms with Crippen molar-refractivity contribution >= 4 is 15.9 Å². The summed E-state index contributed by atoms with van der Waals surface area (Å²) in [5.41, 5.74) is 2.85. The van der Waals surface area contributed by atoms with E-state index in [1.165, 1.54) is 17.5 Å². The quantitative estimate of drug-likeness (QED) is 0.739. The predicted molar refractivity (Wildman–Crippen MR) is 57.3 cm³/mol. The predicted octanol–water partition coefficient (Wildman–Crippen LogP) is 3.09. The molecule has 0 spiro atoms. The van der Waals surface area contributed by atoms with Crippen LogP contribution < -0.4 is 0 Å². The fourth-order valence-corrected chi connectivity index (χ4v) is 2.06. The Hall–Kier alpha value is -0.340. The molecule has 0 bridgehead atoms. The Kier molecular flexibility index (Phi) is 3.01. The largest absolute Gasteiger partial charge is 0.373 e. The summed E-state index contributed by atoms with van der Waals surface area (Å²) >= 11 is 3.37. The van der Waals surface area contributed by atoms with Crippen LogP contribution in [0, 0.1) is 0 Å². The van der Waals surface area contributed by atoms with Crippen molar-refractivity contribution in [1.29, 1.82) is 0 Å². The van der Waals surface area contributed by atoms with Gasteiger partial charge in [-0.25, -0.2) is 0 Å². The van der Waals surface area contributed by atoms with Gasteiger partial charge in [0.15, 0.2) is 0 Å². The third-order valence-corrected chi connectivity index (χ3v) is 2.80. The molecule has 2 rings (SSSR count). The zero-order chi connectivity index (χ0) is 9.10. The van der Waals surface area contributed by atoms with E-state index >= 15 is 0 Å². The maximum atomic E-state index is 5.73. The van der Waals surface area contributed by atoms with Crippen molar-refractivity contribution in [3.63, 3.8) is 0 Å². The van der Waals surface area contributed by atoms with Crippen LogP contribution in [0.4, 0.5) is 0 Å². The molecule has 0 fully saturated rings. The van der Waals surface area contributed by atoms with Crippen LogP contribution >= 0.6 is 15.9 Å². The Balaban J connectivity index is 2.09. The molecule has 1 aromatic rings. The van der Waals surface area contributed by atoms with E-state index in [1.54, 1.807) is 0 Å². The Bertz CT molecular complexity index is 285. The normalized spacial score (nSPS) is 20.2. The molecule has 0 heterocycles. The van der Waals surface area contributed by atoms with Crippen molar-refractivity contribution in [1.82, 2.24) is 0 Å². The van der Waals surface area contributed by atoms with Gasteiger partial charge in [-0.3, -0.25) is 0 Å². The van der Waals surface area contributed by atoms with Gasteiger partial charge >= 0.3 is 0 Å². The number of aryl methyl sites for hydroxylation is 1. The van der Waals surface area contributed by atoms with Crippen LogP contribution in [0.15, 0.2) is 24.3 Å². The lowest BCUT2D eigenvalue weighted by molar-refractivity contribution is 0.0665. The van der Waals surface area contributed by atoms with E-state index in [0.717, 1.165) is 18.4 Å². The number of alkyl halides is 1. The number of halogens is 1. The molecule has 0 saturated carbocycles. The fourth-order valence-electron chi connectivity index (χ4n) is 1.88. The standard InChI is InChI=1S/C11H13BrO/c12-7-8-13-11-6-5-9-3-1-2-4-10(9)11/h1-4,11H,5-8H2. The van der Waals surface area contributed by atoms with E-state index < -0.39 is 0 Å². The molecular formula is C11H13BrO. The first-order chi connectivity index (χ1) is 6.42. The van der Waals surface area contributed by atoms with Crippen molar-refractivity contribution in [3.8, 4) is 0 Å². The van der Waals surface area contributed by atoms with E-state index in [1.807, 2.05) is 0 Å². The molecule has 0 radical (unpaired) electrons. The lowest BCUT2D eigenvalue weighted by Crippen LogP contribution is -2.02. The number of hydrogen-bond acceptors (Lipinski definition) is 1. The van der Waals surface area contributed by atoms with Crippen LogP contribution in [0.25, 0.3) is 0 Å². The van der Waals surface area contributed by atoms with Crippen molar-refractivity contribution in [2.24, 2.45) is 0 Å². The summed E-state index contributed by atoms with van der Waals surface area (Å²) in [5.74, 6) is 0. The summed E-state index contributed by atoms with van der Waals surface area (Å²) in [6.07, 6.45) is 2.66. The maximum Gasteiger partial charge on any atom is 0.0831 e. The highest BCUT2D eigenvalue weighted by Gasteiger charge is 2.21. The molecule has 0 N–H and O–H groups in total. The number of hydrogen-bond donors (Lipinski definition) is 0. The van der Waals surface area contributed by atoms with Gasteiger partial charge in [0.1, 0.15) is 0 Å². The summed E-state index contributed by atoms with van der Waals surface area (Å²) in [6, 6.07) is 8.58. The van der Waals surface area contributed by atoms with Gasteiger partial charge in [-0.1, -0.05) is 40.2 Å². The summed E-state index contributed by atoms with van der Waals surface area (Å²) < 4.78 is 5.73. The minimum atomic E-state index is 0.341. The molecule has 0 aromatic heterocycles. The van der Waals surface area contributed by atoms with Gasteiger partial charge < -0.3 is 4.74 Å². The summed E-state index contributed by atoms with van der Waals surface area (Å²) in [7, 11) is 0. The average Bonchev–Trinajstić information content (AvgIpc) is 2.58. The van der Waals surface area contributed by atoms with E-state index in [4.69, 9.17) is 4.74 Å². The third kappa shape index (κ3) is 1.94. The minimum Gasteiger partial charge on any atom is -0.373 e. The Labute approximate surface area is 87.2 Å². The molecule has 1 unspecified atom stereocenters. The molecule has 1 aromatic carbocycles. The van der Waals surface area contributed by atoms with Crippen LogP contribution in [-0.4, -0.2) is 11.9 Å². The van der Waals surface area contributed by atoms with Crippen molar-refractivity contribution < 1.29 is 4.74 Å². The molecular weight excluding hydrogens is 228 g/mol. The number of ether oxygens (including phenoxy) is 1. The molecule has 1 atom stereocenters. The van der Waals surface area contributed by atoms with Gasteiger partial charge in [-0.05, 0) is 24.0 Å². The topological polar surface area (TPSA) is 9.23 Å². The van der Waals surface area contributed by atoms with Crippen molar-refractivity contribution in [2.75, 3.05) is 11.9 Å². The van der Waals surface area contributed by atoms with E-state index in [9.17, 15) is 0 Å². The van der Waals surface area contributed by atoms with Gasteiger partial charge in [0.25, 0.3) is 0 Å². The summed E-state index contributed by atoms with van der Waals surface area (Å²) in [5, 5.41) is 0.922. The monoisotopic (exact) mass is 240 g/mol. The third-order valence-electron chi connectivity index (χ3n) is 2.47. The fraction of sp³-hybridized carbons (Fsp3) is 0.455. The zero-order valence-electron chi connectivity index (χ0n) is 7.50. The number of benzene rings is 1. The van der Waals surface area contributed by atoms with Gasteiger partial charge in [0.05, 0.1) is 12.7 Å². The van der Waals surface area contributed by atoms with Gasteiger partial charge in [0, 0.05) is 5.33 Å². The van der Waals surface area contributed by atoms with Crippen LogP contribution in [0.5, 0.6) is 0 Å². The Morgan fingerprint density at radius 3 is 3.08 bits per heavy atom.